The molecule has 0 N–H and O–H groups in total. The lowest BCUT2D eigenvalue weighted by molar-refractivity contribution is 0.399. The lowest BCUT2D eigenvalue weighted by Gasteiger charge is -2.03. The average molecular weight is 194 g/mol. The van der Waals surface area contributed by atoms with Crippen LogP contribution in [-0.2, 0) is 6.42 Å². The van der Waals surface area contributed by atoms with Crippen LogP contribution in [0.2, 0.25) is 0 Å². The Kier molecular flexibility index (Phi) is 6.37. The number of ether oxygens (including phenoxy) is 1. The second-order valence-electron chi connectivity index (χ2n) is 2.38. The first-order valence-electron chi connectivity index (χ1n) is 4.81. The van der Waals surface area contributed by atoms with Gasteiger partial charge in [-0.3, -0.25) is 4.99 Å². The molecule has 0 unspecified atom stereocenters. The van der Waals surface area contributed by atoms with Crippen LogP contribution in [0, 0.1) is 0 Å². The molecule has 0 spiro atoms. The van der Waals surface area contributed by atoms with Crippen molar-refractivity contribution in [1.82, 2.24) is 4.98 Å². The van der Waals surface area contributed by atoms with Crippen molar-refractivity contribution in [2.24, 2.45) is 4.99 Å². The normalized spacial score (nSPS) is 8.57. The van der Waals surface area contributed by atoms with Gasteiger partial charge in [0.05, 0.1) is 7.11 Å². The number of methoxy groups -OCH3 is 1. The summed E-state index contributed by atoms with van der Waals surface area (Å²) >= 11 is 0. The topological polar surface area (TPSA) is 34.5 Å². The summed E-state index contributed by atoms with van der Waals surface area (Å²) in [5.41, 5.74) is 1.84. The molecule has 0 bridgehead atoms. The number of rotatable bonds is 3. The van der Waals surface area contributed by atoms with E-state index in [0.717, 1.165) is 12.0 Å². The van der Waals surface area contributed by atoms with E-state index in [4.69, 9.17) is 4.74 Å². The Labute approximate surface area is 85.9 Å². The monoisotopic (exact) mass is 194 g/mol. The fraction of sp³-hybridized carbons (Fsp3) is 0.455. The SMILES string of the molecule is C=Nc1cc(CC)cnc1OC.CC. The van der Waals surface area contributed by atoms with Crippen molar-refractivity contribution in [2.45, 2.75) is 27.2 Å². The maximum Gasteiger partial charge on any atom is 0.239 e. The van der Waals surface area contributed by atoms with E-state index in [2.05, 4.69) is 23.6 Å². The van der Waals surface area contributed by atoms with E-state index in [-0.39, 0.29) is 0 Å². The third kappa shape index (κ3) is 3.17. The van der Waals surface area contributed by atoms with E-state index in [9.17, 15) is 0 Å². The first-order chi connectivity index (χ1) is 6.81. The average Bonchev–Trinajstić information content (AvgIpc) is 2.30. The molecule has 0 amide bonds. The molecule has 78 valence electrons. The minimum Gasteiger partial charge on any atom is -0.479 e. The van der Waals surface area contributed by atoms with E-state index in [0.29, 0.717) is 11.6 Å². The molecule has 0 fully saturated rings. The number of pyridine rings is 1. The molecule has 3 heteroatoms. The van der Waals surface area contributed by atoms with Gasteiger partial charge in [0.2, 0.25) is 5.88 Å². The van der Waals surface area contributed by atoms with E-state index in [1.54, 1.807) is 13.3 Å². The fourth-order valence-corrected chi connectivity index (χ4v) is 0.946. The van der Waals surface area contributed by atoms with Crippen molar-refractivity contribution < 1.29 is 4.74 Å². The third-order valence-corrected chi connectivity index (χ3v) is 1.66. The molecule has 0 atom stereocenters. The summed E-state index contributed by atoms with van der Waals surface area (Å²) in [6, 6.07) is 1.93. The van der Waals surface area contributed by atoms with Gasteiger partial charge in [0.1, 0.15) is 5.69 Å². The van der Waals surface area contributed by atoms with Crippen LogP contribution in [0.5, 0.6) is 5.88 Å². The maximum atomic E-state index is 4.99. The van der Waals surface area contributed by atoms with Crippen LogP contribution < -0.4 is 4.74 Å². The summed E-state index contributed by atoms with van der Waals surface area (Å²) in [6.07, 6.45) is 2.73. The molecule has 0 aliphatic carbocycles. The molecule has 1 aromatic heterocycles. The molecule has 1 heterocycles. The number of hydrogen-bond donors (Lipinski definition) is 0. The Bertz CT molecular complexity index is 285. The highest BCUT2D eigenvalue weighted by atomic mass is 16.5. The van der Waals surface area contributed by atoms with E-state index in [1.165, 1.54) is 0 Å². The number of nitrogens with zero attached hydrogens (tertiary/aromatic N) is 2. The summed E-state index contributed by atoms with van der Waals surface area (Å²) in [5.74, 6) is 0.530. The summed E-state index contributed by atoms with van der Waals surface area (Å²) in [7, 11) is 1.57. The van der Waals surface area contributed by atoms with Crippen molar-refractivity contribution in [3.63, 3.8) is 0 Å². The van der Waals surface area contributed by atoms with Crippen LogP contribution in [0.3, 0.4) is 0 Å². The van der Waals surface area contributed by atoms with Crippen LogP contribution in [-0.4, -0.2) is 18.8 Å². The van der Waals surface area contributed by atoms with Gasteiger partial charge in [-0.1, -0.05) is 20.8 Å². The second-order valence-corrected chi connectivity index (χ2v) is 2.38. The molecule has 1 aromatic rings. The van der Waals surface area contributed by atoms with Crippen molar-refractivity contribution >= 4 is 12.4 Å². The maximum absolute atomic E-state index is 4.99. The molecule has 1 rings (SSSR count). The van der Waals surface area contributed by atoms with E-state index >= 15 is 0 Å². The standard InChI is InChI=1S/C9H12N2O.C2H6/c1-4-7-5-8(10-2)9(12-3)11-6-7;1-2/h5-6H,2,4H2,1,3H3;1-2H3. The molecule has 0 aromatic carbocycles. The highest BCUT2D eigenvalue weighted by Gasteiger charge is 2.01. The molecular formula is C11H18N2O. The minimum absolute atomic E-state index is 0.530. The van der Waals surface area contributed by atoms with Gasteiger partial charge in [-0.25, -0.2) is 4.98 Å². The second kappa shape index (κ2) is 7.06. The van der Waals surface area contributed by atoms with Gasteiger partial charge in [0.15, 0.2) is 0 Å². The number of aliphatic imine (C=N–C) groups is 1. The Balaban J connectivity index is 0.000000791. The van der Waals surface area contributed by atoms with Crippen LogP contribution >= 0.6 is 0 Å². The number of aryl methyl sites for hydroxylation is 1. The Morgan fingerprint density at radius 3 is 2.57 bits per heavy atom. The Morgan fingerprint density at radius 2 is 2.14 bits per heavy atom. The summed E-state index contributed by atoms with van der Waals surface area (Å²) in [4.78, 5) is 7.90. The number of aromatic nitrogens is 1. The first kappa shape index (κ1) is 12.6. The lowest BCUT2D eigenvalue weighted by Crippen LogP contribution is -1.89. The highest BCUT2D eigenvalue weighted by molar-refractivity contribution is 5.53. The smallest absolute Gasteiger partial charge is 0.239 e. The van der Waals surface area contributed by atoms with Gasteiger partial charge in [-0.2, -0.15) is 0 Å². The van der Waals surface area contributed by atoms with Gasteiger partial charge < -0.3 is 4.74 Å². The summed E-state index contributed by atoms with van der Waals surface area (Å²) < 4.78 is 4.99. The van der Waals surface area contributed by atoms with Gasteiger partial charge in [-0.05, 0) is 24.8 Å². The minimum atomic E-state index is 0.530. The largest absolute Gasteiger partial charge is 0.479 e. The van der Waals surface area contributed by atoms with Crippen LogP contribution in [0.25, 0.3) is 0 Å². The Hall–Kier alpha value is -1.38. The fourth-order valence-electron chi connectivity index (χ4n) is 0.946. The van der Waals surface area contributed by atoms with Gasteiger partial charge >= 0.3 is 0 Å². The molecule has 14 heavy (non-hydrogen) atoms. The molecule has 0 saturated carbocycles. The predicted molar refractivity (Wildman–Crippen MR) is 60.7 cm³/mol. The zero-order valence-corrected chi connectivity index (χ0v) is 9.37. The van der Waals surface area contributed by atoms with Gasteiger partial charge in [0, 0.05) is 6.20 Å². The van der Waals surface area contributed by atoms with Crippen molar-refractivity contribution in [3.05, 3.63) is 17.8 Å². The Morgan fingerprint density at radius 1 is 1.50 bits per heavy atom. The molecule has 0 saturated heterocycles. The molecule has 0 radical (unpaired) electrons. The van der Waals surface area contributed by atoms with Crippen molar-refractivity contribution in [1.29, 1.82) is 0 Å². The summed E-state index contributed by atoms with van der Waals surface area (Å²) in [5, 5.41) is 0. The van der Waals surface area contributed by atoms with Crippen LogP contribution in [0.4, 0.5) is 5.69 Å². The first-order valence-corrected chi connectivity index (χ1v) is 4.81. The molecular weight excluding hydrogens is 176 g/mol. The van der Waals surface area contributed by atoms with Crippen LogP contribution in [0.15, 0.2) is 17.3 Å². The summed E-state index contributed by atoms with van der Waals surface area (Å²) in [6.45, 7) is 9.51. The quantitative estimate of drug-likeness (QED) is 0.693. The highest BCUT2D eigenvalue weighted by Crippen LogP contribution is 2.24. The van der Waals surface area contributed by atoms with Gasteiger partial charge in [0.25, 0.3) is 0 Å². The third-order valence-electron chi connectivity index (χ3n) is 1.66. The van der Waals surface area contributed by atoms with Crippen molar-refractivity contribution in [3.8, 4) is 5.88 Å². The molecule has 3 nitrogen and oxygen atoms in total. The molecule has 0 aliphatic heterocycles. The zero-order chi connectivity index (χ0) is 11.0. The predicted octanol–water partition coefficient (Wildman–Crippen LogP) is 3.01. The van der Waals surface area contributed by atoms with Crippen molar-refractivity contribution in [2.75, 3.05) is 7.11 Å². The number of hydrogen-bond acceptors (Lipinski definition) is 3. The van der Waals surface area contributed by atoms with Gasteiger partial charge in [-0.15, -0.1) is 0 Å². The van der Waals surface area contributed by atoms with E-state index in [1.807, 2.05) is 19.9 Å². The van der Waals surface area contributed by atoms with Crippen LogP contribution in [0.1, 0.15) is 26.3 Å². The zero-order valence-electron chi connectivity index (χ0n) is 9.37. The lowest BCUT2D eigenvalue weighted by atomic mass is 10.2. The molecule has 0 aliphatic rings. The van der Waals surface area contributed by atoms with E-state index < -0.39 is 0 Å².